The monoisotopic (exact) mass is 756 g/mol. The van der Waals surface area contributed by atoms with Crippen LogP contribution < -0.4 is 16.0 Å². The number of hydrogen-bond acceptors (Lipinski definition) is 10. The van der Waals surface area contributed by atoms with Crippen LogP contribution in [0.2, 0.25) is 0 Å². The largest absolute Gasteiger partial charge is 0.458 e. The molecule has 1 aromatic carbocycles. The van der Waals surface area contributed by atoms with E-state index in [2.05, 4.69) is 16.0 Å². The van der Waals surface area contributed by atoms with Gasteiger partial charge in [0.2, 0.25) is 29.5 Å². The first-order valence-electron chi connectivity index (χ1n) is 18.6. The van der Waals surface area contributed by atoms with Crippen LogP contribution in [-0.4, -0.2) is 136 Å². The van der Waals surface area contributed by atoms with Crippen LogP contribution in [0.5, 0.6) is 0 Å². The number of aryl methyl sites for hydroxylation is 1. The average Bonchev–Trinajstić information content (AvgIpc) is 3.71. The summed E-state index contributed by atoms with van der Waals surface area (Å²) in [4.78, 5) is 100. The lowest BCUT2D eigenvalue weighted by Crippen LogP contribution is -2.63. The van der Waals surface area contributed by atoms with E-state index in [-0.39, 0.29) is 38.3 Å². The first-order chi connectivity index (χ1) is 25.2. The van der Waals surface area contributed by atoms with Gasteiger partial charge in [0.25, 0.3) is 0 Å². The first kappa shape index (κ1) is 42.0. The summed E-state index contributed by atoms with van der Waals surface area (Å²) in [6, 6.07) is -0.0944. The maximum Gasteiger partial charge on any atom is 0.408 e. The number of carbonyl (C=O) groups is 7. The molecule has 54 heavy (non-hydrogen) atoms. The van der Waals surface area contributed by atoms with Crippen LogP contribution in [0.4, 0.5) is 4.79 Å². The van der Waals surface area contributed by atoms with Crippen LogP contribution in [0.15, 0.2) is 24.3 Å². The standard InChI is InChI=1S/C38H56N6O10/c1-20-12-10-13-25(16-20)18-26(40-37(52)54-38(6,7)8)31(46)41-29-24(5)53-36(51)28-17-21(2)19-44(28)33(48)22(3)39-32(47)30(23(4)45)42(9)34(49)27-14-11-15-43(27)35(29)50/h10,12-13,16,21-24,26-30,45H,11,14-15,17-19H2,1-9H3,(H,39,47)(H,40,52)(H,41,46)/t21-,22+,23+,24+,26+,27+,28+,29+,30+/m1/s1. The Kier molecular flexibility index (Phi) is 13.4. The van der Waals surface area contributed by atoms with E-state index in [4.69, 9.17) is 9.47 Å². The summed E-state index contributed by atoms with van der Waals surface area (Å²) < 4.78 is 11.3. The average molecular weight is 757 g/mol. The van der Waals surface area contributed by atoms with Gasteiger partial charge in [-0.3, -0.25) is 24.0 Å². The number of nitrogens with one attached hydrogen (secondary N) is 3. The van der Waals surface area contributed by atoms with E-state index in [0.717, 1.165) is 10.5 Å². The van der Waals surface area contributed by atoms with Crippen molar-refractivity contribution in [1.29, 1.82) is 0 Å². The van der Waals surface area contributed by atoms with Gasteiger partial charge in [-0.05, 0) is 79.2 Å². The van der Waals surface area contributed by atoms with E-state index in [1.807, 2.05) is 32.0 Å². The summed E-state index contributed by atoms with van der Waals surface area (Å²) in [5.74, 6) is -4.41. The van der Waals surface area contributed by atoms with Crippen molar-refractivity contribution in [3.05, 3.63) is 35.4 Å². The van der Waals surface area contributed by atoms with Crippen molar-refractivity contribution < 1.29 is 48.1 Å². The van der Waals surface area contributed by atoms with E-state index in [9.17, 15) is 38.7 Å². The minimum Gasteiger partial charge on any atom is -0.458 e. The zero-order valence-corrected chi connectivity index (χ0v) is 32.7. The minimum atomic E-state index is -1.54. The molecule has 4 N–H and O–H groups in total. The fraction of sp³-hybridized carbons (Fsp3) is 0.658. The number of nitrogens with zero attached hydrogens (tertiary/aromatic N) is 3. The molecule has 6 amide bonds. The Morgan fingerprint density at radius 3 is 2.35 bits per heavy atom. The molecule has 16 heteroatoms. The van der Waals surface area contributed by atoms with Gasteiger partial charge < -0.3 is 45.2 Å². The second-order valence-corrected chi connectivity index (χ2v) is 15.9. The van der Waals surface area contributed by atoms with Gasteiger partial charge in [0.05, 0.1) is 6.10 Å². The number of esters is 1. The molecule has 3 heterocycles. The van der Waals surface area contributed by atoms with Gasteiger partial charge in [-0.15, -0.1) is 0 Å². The molecule has 1 aromatic rings. The maximum absolute atomic E-state index is 14.6. The third-order valence-corrected chi connectivity index (χ3v) is 9.97. The van der Waals surface area contributed by atoms with E-state index in [1.54, 1.807) is 26.8 Å². The summed E-state index contributed by atoms with van der Waals surface area (Å²) in [5.41, 5.74) is 0.762. The molecule has 0 unspecified atom stereocenters. The van der Waals surface area contributed by atoms with Crippen molar-refractivity contribution in [2.45, 2.75) is 135 Å². The zero-order chi connectivity index (χ0) is 40.2. The lowest BCUT2D eigenvalue weighted by molar-refractivity contribution is -0.163. The van der Waals surface area contributed by atoms with Gasteiger partial charge in [0.15, 0.2) is 0 Å². The number of alkyl carbamates (subject to hydrolysis) is 1. The summed E-state index contributed by atoms with van der Waals surface area (Å²) in [7, 11) is 1.34. The highest BCUT2D eigenvalue weighted by atomic mass is 16.6. The Labute approximate surface area is 316 Å². The van der Waals surface area contributed by atoms with Crippen LogP contribution in [0.1, 0.15) is 78.9 Å². The molecule has 4 rings (SSSR count). The van der Waals surface area contributed by atoms with E-state index >= 15 is 0 Å². The van der Waals surface area contributed by atoms with E-state index in [1.165, 1.54) is 37.6 Å². The van der Waals surface area contributed by atoms with Crippen molar-refractivity contribution in [3.8, 4) is 0 Å². The number of benzene rings is 1. The zero-order valence-electron chi connectivity index (χ0n) is 32.7. The van der Waals surface area contributed by atoms with Crippen molar-refractivity contribution in [3.63, 3.8) is 0 Å². The highest BCUT2D eigenvalue weighted by Crippen LogP contribution is 2.27. The van der Waals surface area contributed by atoms with Crippen LogP contribution >= 0.6 is 0 Å². The number of rotatable bonds is 6. The quantitative estimate of drug-likeness (QED) is 0.301. The third kappa shape index (κ3) is 10.1. The van der Waals surface area contributed by atoms with Gasteiger partial charge in [0, 0.05) is 26.6 Å². The molecule has 3 aliphatic rings. The highest BCUT2D eigenvalue weighted by Gasteiger charge is 2.47. The number of likely N-dealkylation sites (N-methyl/N-ethyl adjacent to an activating group) is 1. The first-order valence-corrected chi connectivity index (χ1v) is 18.6. The molecule has 3 aliphatic heterocycles. The SMILES string of the molecule is Cc1cccc(C[C@H](NC(=O)OC(C)(C)C)C(=O)N[C@@H]2C(=O)N3CCC[C@H]3C(=O)N(C)[C@@H]([C@H](C)O)C(=O)N[C@@H](C)C(=O)N3C[C@H](C)C[C@H]3C(=O)O[C@H]2C)c1. The molecule has 0 radical (unpaired) electrons. The van der Waals surface area contributed by atoms with Crippen molar-refractivity contribution in [1.82, 2.24) is 30.7 Å². The Bertz CT molecular complexity index is 1610. The van der Waals surface area contributed by atoms with Crippen LogP contribution in [0.3, 0.4) is 0 Å². The Balaban J connectivity index is 1.75. The summed E-state index contributed by atoms with van der Waals surface area (Å²) >= 11 is 0. The lowest BCUT2D eigenvalue weighted by atomic mass is 10.0. The third-order valence-electron chi connectivity index (χ3n) is 9.97. The number of ether oxygens (including phenoxy) is 2. The van der Waals surface area contributed by atoms with Crippen molar-refractivity contribution >= 4 is 41.6 Å². The number of carbonyl (C=O) groups excluding carboxylic acids is 7. The van der Waals surface area contributed by atoms with Gasteiger partial charge >= 0.3 is 12.1 Å². The predicted molar refractivity (Wildman–Crippen MR) is 195 cm³/mol. The van der Waals surface area contributed by atoms with Gasteiger partial charge in [0.1, 0.15) is 48.0 Å². The minimum absolute atomic E-state index is 0.0233. The molecular weight excluding hydrogens is 700 g/mol. The molecule has 0 aromatic heterocycles. The Morgan fingerprint density at radius 2 is 1.72 bits per heavy atom. The van der Waals surface area contributed by atoms with Crippen LogP contribution in [-0.2, 0) is 44.7 Å². The van der Waals surface area contributed by atoms with Gasteiger partial charge in [-0.2, -0.15) is 0 Å². The van der Waals surface area contributed by atoms with E-state index < -0.39 is 95.7 Å². The predicted octanol–water partition coefficient (Wildman–Crippen LogP) is 0.801. The van der Waals surface area contributed by atoms with E-state index in [0.29, 0.717) is 12.0 Å². The second kappa shape index (κ2) is 17.2. The Hall–Kier alpha value is -4.73. The van der Waals surface area contributed by atoms with Gasteiger partial charge in [-0.1, -0.05) is 36.8 Å². The Morgan fingerprint density at radius 1 is 1.04 bits per heavy atom. The molecule has 3 saturated heterocycles. The topological polar surface area (TPSA) is 204 Å². The second-order valence-electron chi connectivity index (χ2n) is 15.9. The molecule has 0 bridgehead atoms. The molecular formula is C38H56N6O10. The fourth-order valence-corrected chi connectivity index (χ4v) is 7.38. The maximum atomic E-state index is 14.6. The lowest BCUT2D eigenvalue weighted by Gasteiger charge is -2.37. The number of fused-ring (bicyclic) bond motifs is 2. The van der Waals surface area contributed by atoms with Crippen LogP contribution in [0, 0.1) is 12.8 Å². The summed E-state index contributed by atoms with van der Waals surface area (Å²) in [6.45, 7) is 13.3. The molecule has 9 atom stereocenters. The van der Waals surface area contributed by atoms with Gasteiger partial charge in [-0.25, -0.2) is 9.59 Å². The fourth-order valence-electron chi connectivity index (χ4n) is 7.38. The molecule has 16 nitrogen and oxygen atoms in total. The molecule has 0 aliphatic carbocycles. The number of aliphatic hydroxyl groups excluding tert-OH is 1. The number of aliphatic hydroxyl groups is 1. The summed E-state index contributed by atoms with van der Waals surface area (Å²) in [5, 5.41) is 18.6. The smallest absolute Gasteiger partial charge is 0.408 e. The molecule has 0 saturated carbocycles. The van der Waals surface area contributed by atoms with Crippen LogP contribution in [0.25, 0.3) is 0 Å². The van der Waals surface area contributed by atoms with Crippen molar-refractivity contribution in [2.75, 3.05) is 20.1 Å². The molecule has 0 spiro atoms. The molecule has 298 valence electrons. The molecule has 3 fully saturated rings. The number of amides is 6. The normalized spacial score (nSPS) is 28.4. The number of hydrogen-bond donors (Lipinski definition) is 4. The van der Waals surface area contributed by atoms with Crippen molar-refractivity contribution in [2.24, 2.45) is 5.92 Å². The highest BCUT2D eigenvalue weighted by molar-refractivity contribution is 5.98. The number of cyclic esters (lactones) is 1. The summed E-state index contributed by atoms with van der Waals surface area (Å²) in [6.07, 6.45) is -2.61.